The van der Waals surface area contributed by atoms with Gasteiger partial charge in [-0.05, 0) is 24.6 Å². The highest BCUT2D eigenvalue weighted by Crippen LogP contribution is 2.15. The van der Waals surface area contributed by atoms with E-state index in [9.17, 15) is 14.4 Å². The summed E-state index contributed by atoms with van der Waals surface area (Å²) in [6.07, 6.45) is 3.20. The zero-order valence-electron chi connectivity index (χ0n) is 17.7. The van der Waals surface area contributed by atoms with Crippen molar-refractivity contribution in [3.63, 3.8) is 0 Å². The number of nitrogens with zero attached hydrogens (tertiary/aromatic N) is 4. The number of rotatable bonds is 8. The zero-order valence-corrected chi connectivity index (χ0v) is 18.5. The van der Waals surface area contributed by atoms with E-state index in [4.69, 9.17) is 4.74 Å². The molecule has 1 unspecified atom stereocenters. The number of aromatic nitrogens is 2. The van der Waals surface area contributed by atoms with Gasteiger partial charge in [-0.1, -0.05) is 0 Å². The van der Waals surface area contributed by atoms with Crippen LogP contribution in [0.5, 0.6) is 0 Å². The van der Waals surface area contributed by atoms with Crippen LogP contribution in [0.15, 0.2) is 29.9 Å². The van der Waals surface area contributed by atoms with Crippen molar-refractivity contribution in [2.75, 3.05) is 33.3 Å². The van der Waals surface area contributed by atoms with Crippen molar-refractivity contribution in [2.24, 2.45) is 0 Å². The predicted molar refractivity (Wildman–Crippen MR) is 113 cm³/mol. The normalized spacial score (nSPS) is 16.8. The summed E-state index contributed by atoms with van der Waals surface area (Å²) in [6.45, 7) is 2.95. The Morgan fingerprint density at radius 3 is 2.71 bits per heavy atom. The predicted octanol–water partition coefficient (Wildman–Crippen LogP) is 1.21. The number of carbonyl (C=O) groups excluding carboxylic acids is 3. The molecule has 31 heavy (non-hydrogen) atoms. The van der Waals surface area contributed by atoms with E-state index in [1.165, 1.54) is 23.3 Å². The minimum Gasteiger partial charge on any atom is -0.469 e. The first-order chi connectivity index (χ1) is 14.9. The first-order valence-electron chi connectivity index (χ1n) is 9.98. The number of ether oxygens (including phenoxy) is 2. The molecule has 3 heterocycles. The van der Waals surface area contributed by atoms with E-state index in [1.807, 2.05) is 24.4 Å². The number of aryl methyl sites for hydroxylation is 1. The molecule has 1 atom stereocenters. The van der Waals surface area contributed by atoms with Gasteiger partial charge in [0.2, 0.25) is 11.8 Å². The average Bonchev–Trinajstić information content (AvgIpc) is 3.10. The van der Waals surface area contributed by atoms with E-state index < -0.39 is 12.1 Å². The maximum atomic E-state index is 12.9. The second-order valence-corrected chi connectivity index (χ2v) is 8.33. The first kappa shape index (κ1) is 22.8. The molecule has 0 spiro atoms. The second kappa shape index (κ2) is 11.0. The molecular formula is C21H26N4O5S. The van der Waals surface area contributed by atoms with Gasteiger partial charge in [0.1, 0.15) is 0 Å². The Morgan fingerprint density at radius 1 is 1.26 bits per heavy atom. The van der Waals surface area contributed by atoms with Crippen molar-refractivity contribution in [3.8, 4) is 0 Å². The molecule has 1 fully saturated rings. The number of esters is 1. The van der Waals surface area contributed by atoms with E-state index in [1.54, 1.807) is 17.3 Å². The van der Waals surface area contributed by atoms with Gasteiger partial charge in [-0.15, -0.1) is 11.3 Å². The first-order valence-corrected chi connectivity index (χ1v) is 10.9. The van der Waals surface area contributed by atoms with Crippen LogP contribution in [0, 0.1) is 6.92 Å². The maximum Gasteiger partial charge on any atom is 0.307 e. The third kappa shape index (κ3) is 6.83. The molecule has 0 aliphatic carbocycles. The van der Waals surface area contributed by atoms with Crippen molar-refractivity contribution >= 4 is 29.1 Å². The minimum absolute atomic E-state index is 0.0573. The molecule has 9 nitrogen and oxygen atoms in total. The Balaban J connectivity index is 1.69. The Morgan fingerprint density at radius 2 is 2.03 bits per heavy atom. The summed E-state index contributed by atoms with van der Waals surface area (Å²) < 4.78 is 10.7. The average molecular weight is 447 g/mol. The smallest absolute Gasteiger partial charge is 0.307 e. The van der Waals surface area contributed by atoms with Gasteiger partial charge in [0.25, 0.3) is 0 Å². The van der Waals surface area contributed by atoms with Crippen molar-refractivity contribution in [1.82, 2.24) is 19.8 Å². The van der Waals surface area contributed by atoms with Crippen LogP contribution in [0.2, 0.25) is 0 Å². The molecule has 0 N–H and O–H groups in total. The lowest BCUT2D eigenvalue weighted by atomic mass is 10.2. The lowest BCUT2D eigenvalue weighted by Gasteiger charge is -2.24. The summed E-state index contributed by atoms with van der Waals surface area (Å²) >= 11 is 1.49. The van der Waals surface area contributed by atoms with Crippen molar-refractivity contribution < 1.29 is 23.9 Å². The third-order valence-corrected chi connectivity index (χ3v) is 5.75. The number of thiazole rings is 1. The standard InChI is InChI=1S/C21H26N4O5S/c1-15-23-17(14-31-15)9-19(26)25-11-18(30-13-16-3-6-22-7-4-16)10-24(20(27)12-25)8-5-21(28)29-2/h3-4,6-7,14,18H,5,8-13H2,1-2H3. The van der Waals surface area contributed by atoms with Gasteiger partial charge in [0.15, 0.2) is 0 Å². The molecule has 3 rings (SSSR count). The van der Waals surface area contributed by atoms with Crippen LogP contribution in [0.4, 0.5) is 0 Å². The van der Waals surface area contributed by atoms with Crippen molar-refractivity contribution in [3.05, 3.63) is 46.2 Å². The van der Waals surface area contributed by atoms with Crippen LogP contribution in [0.3, 0.4) is 0 Å². The number of hydrogen-bond donors (Lipinski definition) is 0. The van der Waals surface area contributed by atoms with Gasteiger partial charge in [-0.2, -0.15) is 0 Å². The molecule has 1 aliphatic heterocycles. The van der Waals surface area contributed by atoms with Crippen molar-refractivity contribution in [2.45, 2.75) is 32.5 Å². The number of hydrogen-bond acceptors (Lipinski definition) is 8. The number of amides is 2. The fraction of sp³-hybridized carbons (Fsp3) is 0.476. The fourth-order valence-corrected chi connectivity index (χ4v) is 3.88. The van der Waals surface area contributed by atoms with E-state index in [0.29, 0.717) is 18.8 Å². The van der Waals surface area contributed by atoms with Gasteiger partial charge in [-0.3, -0.25) is 19.4 Å². The van der Waals surface area contributed by atoms with Gasteiger partial charge in [0.05, 0.1) is 49.9 Å². The van der Waals surface area contributed by atoms with E-state index in [-0.39, 0.29) is 44.3 Å². The summed E-state index contributed by atoms with van der Waals surface area (Å²) in [5, 5.41) is 2.75. The lowest BCUT2D eigenvalue weighted by molar-refractivity contribution is -0.142. The van der Waals surface area contributed by atoms with Gasteiger partial charge >= 0.3 is 5.97 Å². The van der Waals surface area contributed by atoms with E-state index >= 15 is 0 Å². The summed E-state index contributed by atoms with van der Waals surface area (Å²) in [6, 6.07) is 3.70. The minimum atomic E-state index is -0.391. The Labute approximate surface area is 185 Å². The van der Waals surface area contributed by atoms with Gasteiger partial charge in [0, 0.05) is 37.4 Å². The summed E-state index contributed by atoms with van der Waals surface area (Å²) in [7, 11) is 1.31. The molecule has 1 aliphatic rings. The third-order valence-electron chi connectivity index (χ3n) is 4.93. The molecule has 1 saturated heterocycles. The van der Waals surface area contributed by atoms with Gasteiger partial charge in [-0.25, -0.2) is 4.98 Å². The monoisotopic (exact) mass is 446 g/mol. The van der Waals surface area contributed by atoms with Crippen LogP contribution in [0.1, 0.15) is 22.7 Å². The highest BCUT2D eigenvalue weighted by molar-refractivity contribution is 7.09. The number of carbonyl (C=O) groups is 3. The fourth-order valence-electron chi connectivity index (χ4n) is 3.27. The topological polar surface area (TPSA) is 102 Å². The van der Waals surface area contributed by atoms with Crippen molar-refractivity contribution in [1.29, 1.82) is 0 Å². The molecule has 0 bridgehead atoms. The molecule has 0 radical (unpaired) electrons. The molecule has 0 aromatic carbocycles. The SMILES string of the molecule is COC(=O)CCN1CC(OCc2ccncc2)CN(C(=O)Cc2csc(C)n2)CC1=O. The second-order valence-electron chi connectivity index (χ2n) is 7.26. The largest absolute Gasteiger partial charge is 0.469 e. The molecule has 2 amide bonds. The highest BCUT2D eigenvalue weighted by atomic mass is 32.1. The number of pyridine rings is 1. The quantitative estimate of drug-likeness (QED) is 0.562. The Hall–Kier alpha value is -2.85. The molecular weight excluding hydrogens is 420 g/mol. The summed E-state index contributed by atoms with van der Waals surface area (Å²) in [5.74, 6) is -0.786. The Bertz CT molecular complexity index is 904. The highest BCUT2D eigenvalue weighted by Gasteiger charge is 2.31. The molecule has 2 aromatic rings. The molecule has 166 valence electrons. The van der Waals surface area contributed by atoms with E-state index in [0.717, 1.165) is 10.6 Å². The summed E-state index contributed by atoms with van der Waals surface area (Å²) in [4.78, 5) is 48.7. The number of methoxy groups -OCH3 is 1. The lowest BCUT2D eigenvalue weighted by Crippen LogP contribution is -2.40. The summed E-state index contributed by atoms with van der Waals surface area (Å²) in [5.41, 5.74) is 1.64. The zero-order chi connectivity index (χ0) is 22.2. The van der Waals surface area contributed by atoms with Gasteiger partial charge < -0.3 is 19.3 Å². The van der Waals surface area contributed by atoms with Crippen LogP contribution in [-0.2, 0) is 36.9 Å². The Kier molecular flexibility index (Phi) is 8.07. The molecule has 10 heteroatoms. The van der Waals surface area contributed by atoms with Crippen LogP contribution in [-0.4, -0.2) is 76.9 Å². The molecule has 2 aromatic heterocycles. The maximum absolute atomic E-state index is 12.9. The van der Waals surface area contributed by atoms with Crippen LogP contribution < -0.4 is 0 Å². The van der Waals surface area contributed by atoms with Crippen LogP contribution in [0.25, 0.3) is 0 Å². The molecule has 0 saturated carbocycles. The van der Waals surface area contributed by atoms with Crippen LogP contribution >= 0.6 is 11.3 Å². The van der Waals surface area contributed by atoms with E-state index in [2.05, 4.69) is 14.7 Å².